The van der Waals surface area contributed by atoms with Crippen LogP contribution in [0.2, 0.25) is 0 Å². The standard InChI is InChI=1S/C24H23N3O4/c28-24(19-4-3-5-20(15-19)31-23-6-1-2-9-25-23)27-12-10-26(11-13-27)16-18-7-8-21-22(14-18)30-17-29-21/h1-9,14-15H,10-13,16-17H2. The Bertz CT molecular complexity index is 1070. The maximum atomic E-state index is 13.0. The Labute approximate surface area is 180 Å². The fourth-order valence-corrected chi connectivity index (χ4v) is 3.81. The van der Waals surface area contributed by atoms with Gasteiger partial charge >= 0.3 is 0 Å². The van der Waals surface area contributed by atoms with Crippen molar-refractivity contribution in [1.82, 2.24) is 14.8 Å². The summed E-state index contributed by atoms with van der Waals surface area (Å²) in [7, 11) is 0. The molecule has 2 aliphatic heterocycles. The van der Waals surface area contributed by atoms with Crippen molar-refractivity contribution in [3.8, 4) is 23.1 Å². The number of fused-ring (bicyclic) bond motifs is 1. The number of rotatable bonds is 5. The van der Waals surface area contributed by atoms with Crippen LogP contribution in [0.25, 0.3) is 0 Å². The number of hydrogen-bond acceptors (Lipinski definition) is 6. The Kier molecular flexibility index (Phi) is 5.41. The van der Waals surface area contributed by atoms with Crippen molar-refractivity contribution >= 4 is 5.91 Å². The van der Waals surface area contributed by atoms with E-state index in [-0.39, 0.29) is 12.7 Å². The second-order valence-corrected chi connectivity index (χ2v) is 7.55. The van der Waals surface area contributed by atoms with Crippen molar-refractivity contribution in [2.24, 2.45) is 0 Å². The van der Waals surface area contributed by atoms with E-state index < -0.39 is 0 Å². The van der Waals surface area contributed by atoms with Gasteiger partial charge in [0.05, 0.1) is 0 Å². The third kappa shape index (κ3) is 4.46. The Hall–Kier alpha value is -3.58. The lowest BCUT2D eigenvalue weighted by atomic mass is 10.1. The molecule has 31 heavy (non-hydrogen) atoms. The van der Waals surface area contributed by atoms with E-state index in [4.69, 9.17) is 14.2 Å². The van der Waals surface area contributed by atoms with Crippen LogP contribution in [0.5, 0.6) is 23.1 Å². The summed E-state index contributed by atoms with van der Waals surface area (Å²) in [6, 6.07) is 18.8. The molecule has 7 nitrogen and oxygen atoms in total. The average molecular weight is 417 g/mol. The predicted octanol–water partition coefficient (Wildman–Crippen LogP) is 3.56. The highest BCUT2D eigenvalue weighted by atomic mass is 16.7. The molecular weight excluding hydrogens is 394 g/mol. The van der Waals surface area contributed by atoms with Gasteiger partial charge in [0.1, 0.15) is 5.75 Å². The zero-order valence-corrected chi connectivity index (χ0v) is 17.1. The first kappa shape index (κ1) is 19.4. The number of ether oxygens (including phenoxy) is 3. The molecule has 3 aromatic rings. The normalized spacial score (nSPS) is 15.7. The van der Waals surface area contributed by atoms with Crippen molar-refractivity contribution in [3.63, 3.8) is 0 Å². The fraction of sp³-hybridized carbons (Fsp3) is 0.250. The number of piperazine rings is 1. The SMILES string of the molecule is O=C(c1cccc(Oc2ccccn2)c1)N1CCN(Cc2ccc3c(c2)OCO3)CC1. The molecular formula is C24H23N3O4. The number of hydrogen-bond donors (Lipinski definition) is 0. The highest BCUT2D eigenvalue weighted by molar-refractivity contribution is 5.94. The van der Waals surface area contributed by atoms with Gasteiger partial charge in [-0.25, -0.2) is 4.98 Å². The minimum Gasteiger partial charge on any atom is -0.454 e. The maximum Gasteiger partial charge on any atom is 0.254 e. The van der Waals surface area contributed by atoms with Gasteiger partial charge in [0.15, 0.2) is 11.5 Å². The largest absolute Gasteiger partial charge is 0.454 e. The van der Waals surface area contributed by atoms with Gasteiger partial charge in [-0.05, 0) is 42.0 Å². The first-order valence-electron chi connectivity index (χ1n) is 10.3. The van der Waals surface area contributed by atoms with Crippen molar-refractivity contribution in [1.29, 1.82) is 0 Å². The van der Waals surface area contributed by atoms with Crippen LogP contribution in [-0.4, -0.2) is 53.7 Å². The van der Waals surface area contributed by atoms with Crippen molar-refractivity contribution in [3.05, 3.63) is 78.0 Å². The zero-order chi connectivity index (χ0) is 21.0. The summed E-state index contributed by atoms with van der Waals surface area (Å²) in [5.41, 5.74) is 1.81. The molecule has 7 heteroatoms. The summed E-state index contributed by atoms with van der Waals surface area (Å²) in [4.78, 5) is 21.4. The van der Waals surface area contributed by atoms with Crippen LogP contribution in [0, 0.1) is 0 Å². The fourth-order valence-electron chi connectivity index (χ4n) is 3.81. The molecule has 0 unspecified atom stereocenters. The van der Waals surface area contributed by atoms with Gasteiger partial charge in [-0.3, -0.25) is 9.69 Å². The van der Waals surface area contributed by atoms with Crippen LogP contribution >= 0.6 is 0 Å². The third-order valence-electron chi connectivity index (χ3n) is 5.44. The third-order valence-corrected chi connectivity index (χ3v) is 5.44. The van der Waals surface area contributed by atoms with Crippen molar-refractivity contribution < 1.29 is 19.0 Å². The van der Waals surface area contributed by atoms with Gasteiger partial charge < -0.3 is 19.1 Å². The highest BCUT2D eigenvalue weighted by Gasteiger charge is 2.23. The molecule has 2 aromatic carbocycles. The first-order chi connectivity index (χ1) is 15.2. The summed E-state index contributed by atoms with van der Waals surface area (Å²) >= 11 is 0. The summed E-state index contributed by atoms with van der Waals surface area (Å²) in [6.07, 6.45) is 1.67. The van der Waals surface area contributed by atoms with Crippen LogP contribution in [0.15, 0.2) is 66.9 Å². The Morgan fingerprint density at radius 1 is 0.935 bits per heavy atom. The van der Waals surface area contributed by atoms with Gasteiger partial charge in [0, 0.05) is 50.6 Å². The highest BCUT2D eigenvalue weighted by Crippen LogP contribution is 2.33. The van der Waals surface area contributed by atoms with Gasteiger partial charge in [-0.2, -0.15) is 0 Å². The minimum atomic E-state index is 0.0224. The smallest absolute Gasteiger partial charge is 0.254 e. The van der Waals surface area contributed by atoms with Gasteiger partial charge in [0.25, 0.3) is 5.91 Å². The van der Waals surface area contributed by atoms with Crippen LogP contribution < -0.4 is 14.2 Å². The van der Waals surface area contributed by atoms with Gasteiger partial charge in [-0.1, -0.05) is 18.2 Å². The summed E-state index contributed by atoms with van der Waals surface area (Å²) in [6.45, 7) is 4.14. The zero-order valence-electron chi connectivity index (χ0n) is 17.1. The molecule has 0 N–H and O–H groups in total. The molecule has 3 heterocycles. The number of carbonyl (C=O) groups is 1. The predicted molar refractivity (Wildman–Crippen MR) is 114 cm³/mol. The van der Waals surface area contributed by atoms with Crippen LogP contribution in [0.4, 0.5) is 0 Å². The first-order valence-corrected chi connectivity index (χ1v) is 10.3. The Morgan fingerprint density at radius 3 is 2.65 bits per heavy atom. The molecule has 0 radical (unpaired) electrons. The quantitative estimate of drug-likeness (QED) is 0.633. The number of carbonyl (C=O) groups excluding carboxylic acids is 1. The molecule has 0 saturated carbocycles. The summed E-state index contributed by atoms with van der Waals surface area (Å²) in [5.74, 6) is 2.73. The summed E-state index contributed by atoms with van der Waals surface area (Å²) < 4.78 is 16.6. The molecule has 1 aromatic heterocycles. The molecule has 1 fully saturated rings. The van der Waals surface area contributed by atoms with Gasteiger partial charge in [0.2, 0.25) is 12.7 Å². The molecule has 2 aliphatic rings. The van der Waals surface area contributed by atoms with Gasteiger partial charge in [-0.15, -0.1) is 0 Å². The molecule has 1 saturated heterocycles. The van der Waals surface area contributed by atoms with E-state index in [1.807, 2.05) is 47.4 Å². The lowest BCUT2D eigenvalue weighted by Crippen LogP contribution is -2.48. The van der Waals surface area contributed by atoms with E-state index in [0.29, 0.717) is 30.3 Å². The topological polar surface area (TPSA) is 64.1 Å². The van der Waals surface area contributed by atoms with Crippen molar-refractivity contribution in [2.45, 2.75) is 6.54 Å². The van der Waals surface area contributed by atoms with E-state index in [9.17, 15) is 4.79 Å². The maximum absolute atomic E-state index is 13.0. The Balaban J connectivity index is 1.18. The van der Waals surface area contributed by atoms with E-state index in [1.165, 1.54) is 5.56 Å². The van der Waals surface area contributed by atoms with Crippen LogP contribution in [-0.2, 0) is 6.54 Å². The van der Waals surface area contributed by atoms with Crippen molar-refractivity contribution in [2.75, 3.05) is 33.0 Å². The van der Waals surface area contributed by atoms with E-state index >= 15 is 0 Å². The van der Waals surface area contributed by atoms with E-state index in [0.717, 1.165) is 31.1 Å². The molecule has 158 valence electrons. The number of amides is 1. The second kappa shape index (κ2) is 8.65. The minimum absolute atomic E-state index is 0.0224. The monoisotopic (exact) mass is 417 g/mol. The van der Waals surface area contributed by atoms with Crippen LogP contribution in [0.3, 0.4) is 0 Å². The molecule has 1 amide bonds. The Morgan fingerprint density at radius 2 is 1.81 bits per heavy atom. The molecule has 0 spiro atoms. The van der Waals surface area contributed by atoms with Crippen LogP contribution in [0.1, 0.15) is 15.9 Å². The summed E-state index contributed by atoms with van der Waals surface area (Å²) in [5, 5.41) is 0. The molecule has 0 aliphatic carbocycles. The molecule has 5 rings (SSSR count). The number of nitrogens with zero attached hydrogens (tertiary/aromatic N) is 3. The molecule has 0 bridgehead atoms. The van der Waals surface area contributed by atoms with E-state index in [1.54, 1.807) is 18.3 Å². The lowest BCUT2D eigenvalue weighted by molar-refractivity contribution is 0.0628. The lowest BCUT2D eigenvalue weighted by Gasteiger charge is -2.34. The van der Waals surface area contributed by atoms with E-state index in [2.05, 4.69) is 16.0 Å². The number of aromatic nitrogens is 1. The molecule has 0 atom stereocenters. The number of pyridine rings is 1. The average Bonchev–Trinajstić information content (AvgIpc) is 3.28. The number of benzene rings is 2. The second-order valence-electron chi connectivity index (χ2n) is 7.55.